The summed E-state index contributed by atoms with van der Waals surface area (Å²) < 4.78 is 28.6. The Balaban J connectivity index is 1.48. The van der Waals surface area contributed by atoms with Gasteiger partial charge in [-0.25, -0.2) is 13.1 Å². The van der Waals surface area contributed by atoms with E-state index >= 15 is 0 Å². The first kappa shape index (κ1) is 23.7. The smallest absolute Gasteiger partial charge is 0.241 e. The number of rotatable bonds is 6. The Hall–Kier alpha value is -3.47. The van der Waals surface area contributed by atoms with Crippen LogP contribution in [0.15, 0.2) is 77.7 Å². The normalized spacial score (nSPS) is 17.6. The second-order valence-corrected chi connectivity index (χ2v) is 11.3. The maximum Gasteiger partial charge on any atom is 0.241 e. The van der Waals surface area contributed by atoms with Gasteiger partial charge in [-0.15, -0.1) is 0 Å². The Bertz CT molecular complexity index is 1370. The van der Waals surface area contributed by atoms with Gasteiger partial charge in [-0.3, -0.25) is 4.79 Å². The molecule has 0 heterocycles. The largest absolute Gasteiger partial charge is 0.326 e. The number of sulfonamides is 1. The Labute approximate surface area is 200 Å². The number of amides is 1. The molecule has 1 fully saturated rings. The summed E-state index contributed by atoms with van der Waals surface area (Å²) in [5.74, 6) is -0.0552. The summed E-state index contributed by atoms with van der Waals surface area (Å²) in [7, 11) is -3.71. The molecule has 3 aromatic rings. The van der Waals surface area contributed by atoms with Crippen molar-refractivity contribution in [2.75, 3.05) is 5.32 Å². The number of carbonyl (C=O) groups is 1. The average Bonchev–Trinajstić information content (AvgIpc) is 3.59. The maximum absolute atomic E-state index is 12.9. The molecule has 4 rings (SSSR count). The first-order valence-electron chi connectivity index (χ1n) is 11.1. The molecule has 0 radical (unpaired) electrons. The predicted molar refractivity (Wildman–Crippen MR) is 133 cm³/mol. The fourth-order valence-electron chi connectivity index (χ4n) is 4.06. The monoisotopic (exact) mass is 473 g/mol. The molecule has 2 atom stereocenters. The van der Waals surface area contributed by atoms with Crippen molar-refractivity contribution in [2.24, 2.45) is 5.92 Å². The minimum Gasteiger partial charge on any atom is -0.326 e. The summed E-state index contributed by atoms with van der Waals surface area (Å²) in [6.07, 6.45) is 0.755. The standard InChI is InChI=1S/C27H27N3O3S/c1-27(2,3)30-34(32,33)25-10-5-4-9-22(25)19-11-13-21(14-12-19)29-26(31)24-16-23(24)20-8-6-7-18(15-20)17-28/h4-15,23-24,30H,16H2,1-3H3,(H,29,31)/t23-,24-/m1/s1. The lowest BCUT2D eigenvalue weighted by Gasteiger charge is -2.21. The Kier molecular flexibility index (Phi) is 6.30. The lowest BCUT2D eigenvalue weighted by molar-refractivity contribution is -0.117. The van der Waals surface area contributed by atoms with Gasteiger partial charge < -0.3 is 5.32 Å². The van der Waals surface area contributed by atoms with Crippen molar-refractivity contribution in [3.05, 3.63) is 83.9 Å². The summed E-state index contributed by atoms with van der Waals surface area (Å²) in [6, 6.07) is 23.6. The van der Waals surface area contributed by atoms with Crippen LogP contribution in [0.3, 0.4) is 0 Å². The van der Waals surface area contributed by atoms with E-state index in [2.05, 4.69) is 16.1 Å². The van der Waals surface area contributed by atoms with Gasteiger partial charge in [0.1, 0.15) is 0 Å². The van der Waals surface area contributed by atoms with E-state index in [9.17, 15) is 13.2 Å². The van der Waals surface area contributed by atoms with Gasteiger partial charge in [0, 0.05) is 22.7 Å². The number of anilines is 1. The highest BCUT2D eigenvalue weighted by molar-refractivity contribution is 7.89. The zero-order chi connectivity index (χ0) is 24.5. The van der Waals surface area contributed by atoms with Crippen LogP contribution in [-0.2, 0) is 14.8 Å². The summed E-state index contributed by atoms with van der Waals surface area (Å²) in [4.78, 5) is 12.9. The van der Waals surface area contributed by atoms with Crippen LogP contribution < -0.4 is 10.0 Å². The van der Waals surface area contributed by atoms with E-state index in [1.807, 2.05) is 30.3 Å². The van der Waals surface area contributed by atoms with Crippen LogP contribution >= 0.6 is 0 Å². The highest BCUT2D eigenvalue weighted by Crippen LogP contribution is 2.48. The van der Waals surface area contributed by atoms with Gasteiger partial charge in [0.2, 0.25) is 15.9 Å². The molecule has 1 aliphatic rings. The van der Waals surface area contributed by atoms with Gasteiger partial charge in [-0.1, -0.05) is 42.5 Å². The van der Waals surface area contributed by atoms with Crippen molar-refractivity contribution in [1.29, 1.82) is 5.26 Å². The van der Waals surface area contributed by atoms with Gasteiger partial charge in [0.15, 0.2) is 0 Å². The summed E-state index contributed by atoms with van der Waals surface area (Å²) >= 11 is 0. The quantitative estimate of drug-likeness (QED) is 0.524. The van der Waals surface area contributed by atoms with Crippen molar-refractivity contribution < 1.29 is 13.2 Å². The molecule has 7 heteroatoms. The van der Waals surface area contributed by atoms with Gasteiger partial charge >= 0.3 is 0 Å². The highest BCUT2D eigenvalue weighted by atomic mass is 32.2. The van der Waals surface area contributed by atoms with Gasteiger partial charge in [0.25, 0.3) is 0 Å². The van der Waals surface area contributed by atoms with E-state index in [1.54, 1.807) is 63.2 Å². The Morgan fingerprint density at radius 2 is 1.71 bits per heavy atom. The minimum absolute atomic E-state index is 0.0579. The average molecular weight is 474 g/mol. The fourth-order valence-corrected chi connectivity index (χ4v) is 5.71. The number of nitrogens with one attached hydrogen (secondary N) is 2. The van der Waals surface area contributed by atoms with Crippen LogP contribution in [0.1, 0.15) is 44.2 Å². The lowest BCUT2D eigenvalue weighted by Crippen LogP contribution is -2.40. The van der Waals surface area contributed by atoms with Crippen LogP contribution in [0.4, 0.5) is 5.69 Å². The molecule has 0 aliphatic heterocycles. The van der Waals surface area contributed by atoms with Gasteiger partial charge in [0.05, 0.1) is 16.5 Å². The van der Waals surface area contributed by atoms with E-state index in [-0.39, 0.29) is 22.6 Å². The molecule has 3 aromatic carbocycles. The first-order chi connectivity index (χ1) is 16.1. The van der Waals surface area contributed by atoms with E-state index < -0.39 is 15.6 Å². The zero-order valence-corrected chi connectivity index (χ0v) is 20.2. The van der Waals surface area contributed by atoms with E-state index in [1.165, 1.54) is 0 Å². The molecule has 0 bridgehead atoms. The third-order valence-electron chi connectivity index (χ3n) is 5.65. The van der Waals surface area contributed by atoms with Crippen molar-refractivity contribution >= 4 is 21.6 Å². The molecular weight excluding hydrogens is 446 g/mol. The minimum atomic E-state index is -3.71. The van der Waals surface area contributed by atoms with Crippen LogP contribution in [0.25, 0.3) is 11.1 Å². The predicted octanol–water partition coefficient (Wildman–Crippen LogP) is 5.04. The summed E-state index contributed by atoms with van der Waals surface area (Å²) in [6.45, 7) is 5.40. The third-order valence-corrected chi connectivity index (χ3v) is 7.47. The van der Waals surface area contributed by atoms with Crippen LogP contribution in [0, 0.1) is 17.2 Å². The van der Waals surface area contributed by atoms with Crippen LogP contribution in [0.5, 0.6) is 0 Å². The van der Waals surface area contributed by atoms with E-state index in [4.69, 9.17) is 5.26 Å². The summed E-state index contributed by atoms with van der Waals surface area (Å²) in [5, 5.41) is 12.0. The molecule has 34 heavy (non-hydrogen) atoms. The topological polar surface area (TPSA) is 99.1 Å². The van der Waals surface area contributed by atoms with Crippen molar-refractivity contribution in [3.63, 3.8) is 0 Å². The van der Waals surface area contributed by atoms with Gasteiger partial charge in [-0.05, 0) is 74.6 Å². The number of hydrogen-bond donors (Lipinski definition) is 2. The molecule has 0 saturated heterocycles. The van der Waals surface area contributed by atoms with E-state index in [0.717, 1.165) is 17.5 Å². The zero-order valence-electron chi connectivity index (χ0n) is 19.4. The fraction of sp³-hybridized carbons (Fsp3) is 0.259. The first-order valence-corrected chi connectivity index (χ1v) is 12.6. The van der Waals surface area contributed by atoms with Gasteiger partial charge in [-0.2, -0.15) is 5.26 Å². The lowest BCUT2D eigenvalue weighted by atomic mass is 10.0. The van der Waals surface area contributed by atoms with Crippen LogP contribution in [0.2, 0.25) is 0 Å². The number of carbonyl (C=O) groups excluding carboxylic acids is 1. The van der Waals surface area contributed by atoms with Crippen molar-refractivity contribution in [2.45, 2.75) is 43.5 Å². The third kappa shape index (κ3) is 5.36. The molecule has 0 spiro atoms. The SMILES string of the molecule is CC(C)(C)NS(=O)(=O)c1ccccc1-c1ccc(NC(=O)[C@@H]2C[C@@H]2c2cccc(C#N)c2)cc1. The van der Waals surface area contributed by atoms with Crippen molar-refractivity contribution in [3.8, 4) is 17.2 Å². The maximum atomic E-state index is 12.9. The Morgan fingerprint density at radius 1 is 1.00 bits per heavy atom. The molecule has 6 nitrogen and oxygen atoms in total. The van der Waals surface area contributed by atoms with Crippen LogP contribution in [-0.4, -0.2) is 19.9 Å². The number of nitrogens with zero attached hydrogens (tertiary/aromatic N) is 1. The van der Waals surface area contributed by atoms with Crippen molar-refractivity contribution in [1.82, 2.24) is 4.72 Å². The molecule has 174 valence electrons. The molecular formula is C27H27N3O3S. The molecule has 0 aromatic heterocycles. The molecule has 0 unspecified atom stereocenters. The Morgan fingerprint density at radius 3 is 2.38 bits per heavy atom. The number of hydrogen-bond acceptors (Lipinski definition) is 4. The highest BCUT2D eigenvalue weighted by Gasteiger charge is 2.44. The number of nitriles is 1. The molecule has 1 saturated carbocycles. The molecule has 1 amide bonds. The molecule has 2 N–H and O–H groups in total. The second kappa shape index (κ2) is 9.05. The summed E-state index contributed by atoms with van der Waals surface area (Å²) in [5.41, 5.74) is 2.99. The second-order valence-electron chi connectivity index (χ2n) is 9.60. The number of benzene rings is 3. The van der Waals surface area contributed by atoms with E-state index in [0.29, 0.717) is 16.8 Å². The molecule has 1 aliphatic carbocycles.